The molecule has 2 aliphatic rings. The number of carbonyl (C=O) groups is 1. The summed E-state index contributed by atoms with van der Waals surface area (Å²) < 4.78 is 0. The number of hydrogen-bond acceptors (Lipinski definition) is 1. The van der Waals surface area contributed by atoms with Gasteiger partial charge >= 0.3 is 0 Å². The fourth-order valence-electron chi connectivity index (χ4n) is 3.40. The maximum absolute atomic E-state index is 11.9. The molecule has 0 heterocycles. The van der Waals surface area contributed by atoms with Crippen LogP contribution in [0.4, 0.5) is 0 Å². The molecule has 1 aromatic carbocycles. The lowest BCUT2D eigenvalue weighted by molar-refractivity contribution is -0.117. The monoisotopic (exact) mass is 275 g/mol. The Kier molecular flexibility index (Phi) is 3.61. The average molecular weight is 276 g/mol. The third kappa shape index (κ3) is 3.01. The van der Waals surface area contributed by atoms with E-state index in [-0.39, 0.29) is 5.91 Å². The number of hydrogen-bond donors (Lipinski definition) is 1. The van der Waals surface area contributed by atoms with Crippen LogP contribution in [0.5, 0.6) is 0 Å². The summed E-state index contributed by atoms with van der Waals surface area (Å²) in [6, 6.07) is 7.87. The molecule has 0 saturated heterocycles. The molecule has 2 fully saturated rings. The van der Waals surface area contributed by atoms with Gasteiger partial charge in [0.1, 0.15) is 0 Å². The van der Waals surface area contributed by atoms with Gasteiger partial charge in [-0.3, -0.25) is 4.79 Å². The molecule has 0 aromatic heterocycles. The van der Waals surface area contributed by atoms with E-state index in [1.807, 2.05) is 30.3 Å². The highest BCUT2D eigenvalue weighted by atomic mass is 35.5. The van der Waals surface area contributed by atoms with Crippen LogP contribution in [0.25, 0.3) is 6.08 Å². The van der Waals surface area contributed by atoms with Crippen molar-refractivity contribution in [1.29, 1.82) is 0 Å². The number of rotatable bonds is 3. The van der Waals surface area contributed by atoms with Gasteiger partial charge in [-0.15, -0.1) is 0 Å². The van der Waals surface area contributed by atoms with Crippen molar-refractivity contribution in [3.8, 4) is 0 Å². The summed E-state index contributed by atoms with van der Waals surface area (Å²) in [6.07, 6.45) is 8.58. The van der Waals surface area contributed by atoms with E-state index < -0.39 is 0 Å². The van der Waals surface area contributed by atoms with Crippen molar-refractivity contribution in [1.82, 2.24) is 5.32 Å². The zero-order chi connectivity index (χ0) is 13.2. The van der Waals surface area contributed by atoms with Gasteiger partial charge in [-0.25, -0.2) is 0 Å². The molecule has 2 aliphatic carbocycles. The Hall–Kier alpha value is -1.28. The van der Waals surface area contributed by atoms with Crippen molar-refractivity contribution in [2.45, 2.75) is 31.7 Å². The van der Waals surface area contributed by atoms with E-state index in [2.05, 4.69) is 5.32 Å². The van der Waals surface area contributed by atoms with Crippen molar-refractivity contribution in [2.75, 3.05) is 0 Å². The van der Waals surface area contributed by atoms with Gasteiger partial charge in [-0.2, -0.15) is 0 Å². The standard InChI is InChI=1S/C16H18ClNO/c17-14-6-2-11(3-7-14)4-8-16(19)18-15-10-12-1-5-13(15)9-12/h2-4,6-8,12-13,15H,1,5,9-10H2,(H,18,19)/b8-4+/t12-,13-,15+/m0/s1. The van der Waals surface area contributed by atoms with Crippen LogP contribution in [-0.4, -0.2) is 11.9 Å². The Morgan fingerprint density at radius 3 is 2.63 bits per heavy atom. The Morgan fingerprint density at radius 1 is 1.21 bits per heavy atom. The average Bonchev–Trinajstić information content (AvgIpc) is 3.00. The Bertz CT molecular complexity index is 494. The Labute approximate surface area is 118 Å². The predicted octanol–water partition coefficient (Wildman–Crippen LogP) is 3.66. The SMILES string of the molecule is O=C(/C=C/c1ccc(Cl)cc1)N[C@@H]1C[C@H]2CC[C@H]1C2. The third-order valence-electron chi connectivity index (χ3n) is 4.36. The first-order chi connectivity index (χ1) is 9.20. The molecule has 3 heteroatoms. The minimum Gasteiger partial charge on any atom is -0.350 e. The maximum Gasteiger partial charge on any atom is 0.244 e. The lowest BCUT2D eigenvalue weighted by atomic mass is 9.95. The zero-order valence-electron chi connectivity index (χ0n) is 10.8. The highest BCUT2D eigenvalue weighted by Crippen LogP contribution is 2.44. The summed E-state index contributed by atoms with van der Waals surface area (Å²) >= 11 is 5.82. The largest absolute Gasteiger partial charge is 0.350 e. The molecule has 2 bridgehead atoms. The van der Waals surface area contributed by atoms with Crippen LogP contribution in [0, 0.1) is 11.8 Å². The lowest BCUT2D eigenvalue weighted by Crippen LogP contribution is -2.37. The molecule has 19 heavy (non-hydrogen) atoms. The number of benzene rings is 1. The molecule has 3 rings (SSSR count). The Balaban J connectivity index is 1.55. The molecule has 3 atom stereocenters. The van der Waals surface area contributed by atoms with Crippen molar-refractivity contribution in [3.63, 3.8) is 0 Å². The molecule has 0 spiro atoms. The number of nitrogens with one attached hydrogen (secondary N) is 1. The highest BCUT2D eigenvalue weighted by molar-refractivity contribution is 6.30. The first kappa shape index (κ1) is 12.7. The smallest absolute Gasteiger partial charge is 0.244 e. The van der Waals surface area contributed by atoms with Crippen LogP contribution in [0.2, 0.25) is 5.02 Å². The van der Waals surface area contributed by atoms with Gasteiger partial charge < -0.3 is 5.32 Å². The predicted molar refractivity (Wildman–Crippen MR) is 77.9 cm³/mol. The van der Waals surface area contributed by atoms with Gasteiger partial charge in [0.15, 0.2) is 0 Å². The van der Waals surface area contributed by atoms with Gasteiger partial charge in [-0.05, 0) is 54.9 Å². The van der Waals surface area contributed by atoms with E-state index in [0.29, 0.717) is 11.1 Å². The van der Waals surface area contributed by atoms with Gasteiger partial charge in [0.25, 0.3) is 0 Å². The van der Waals surface area contributed by atoms with Crippen molar-refractivity contribution >= 4 is 23.6 Å². The summed E-state index contributed by atoms with van der Waals surface area (Å²) in [5.41, 5.74) is 0.993. The quantitative estimate of drug-likeness (QED) is 0.838. The molecular formula is C16H18ClNO. The summed E-state index contributed by atoms with van der Waals surface area (Å²) in [5.74, 6) is 1.60. The van der Waals surface area contributed by atoms with Gasteiger partial charge in [-0.1, -0.05) is 30.2 Å². The van der Waals surface area contributed by atoms with Crippen molar-refractivity contribution in [3.05, 3.63) is 40.9 Å². The molecule has 1 amide bonds. The van der Waals surface area contributed by atoms with Crippen LogP contribution in [0.15, 0.2) is 30.3 Å². The molecule has 2 nitrogen and oxygen atoms in total. The molecule has 0 unspecified atom stereocenters. The molecule has 100 valence electrons. The van der Waals surface area contributed by atoms with Crippen molar-refractivity contribution < 1.29 is 4.79 Å². The molecule has 2 saturated carbocycles. The molecule has 0 radical (unpaired) electrons. The van der Waals surface area contributed by atoms with Gasteiger partial charge in [0, 0.05) is 17.1 Å². The Morgan fingerprint density at radius 2 is 2.00 bits per heavy atom. The maximum atomic E-state index is 11.9. The van der Waals surface area contributed by atoms with E-state index in [0.717, 1.165) is 17.4 Å². The fourth-order valence-corrected chi connectivity index (χ4v) is 3.52. The van der Waals surface area contributed by atoms with Crippen LogP contribution in [-0.2, 0) is 4.79 Å². The highest BCUT2D eigenvalue weighted by Gasteiger charge is 2.39. The fraction of sp³-hybridized carbons (Fsp3) is 0.438. The molecule has 1 N–H and O–H groups in total. The third-order valence-corrected chi connectivity index (χ3v) is 4.61. The first-order valence-corrected chi connectivity index (χ1v) is 7.32. The topological polar surface area (TPSA) is 29.1 Å². The normalized spacial score (nSPS) is 29.0. The molecule has 0 aliphatic heterocycles. The van der Waals surface area contributed by atoms with E-state index in [1.165, 1.54) is 25.7 Å². The number of fused-ring (bicyclic) bond motifs is 2. The van der Waals surface area contributed by atoms with E-state index in [4.69, 9.17) is 11.6 Å². The van der Waals surface area contributed by atoms with E-state index in [1.54, 1.807) is 6.08 Å². The van der Waals surface area contributed by atoms with Crippen molar-refractivity contribution in [2.24, 2.45) is 11.8 Å². The zero-order valence-corrected chi connectivity index (χ0v) is 11.6. The second-order valence-corrected chi connectivity index (χ2v) is 6.11. The molecular weight excluding hydrogens is 258 g/mol. The van der Waals surface area contributed by atoms with Crippen LogP contribution >= 0.6 is 11.6 Å². The second-order valence-electron chi connectivity index (χ2n) is 5.67. The summed E-state index contributed by atoms with van der Waals surface area (Å²) in [6.45, 7) is 0. The van der Waals surface area contributed by atoms with Crippen LogP contribution in [0.1, 0.15) is 31.2 Å². The lowest BCUT2D eigenvalue weighted by Gasteiger charge is -2.22. The minimum atomic E-state index is 0.0208. The summed E-state index contributed by atoms with van der Waals surface area (Å²) in [5, 5.41) is 3.85. The van der Waals surface area contributed by atoms with E-state index >= 15 is 0 Å². The van der Waals surface area contributed by atoms with Crippen LogP contribution < -0.4 is 5.32 Å². The van der Waals surface area contributed by atoms with E-state index in [9.17, 15) is 4.79 Å². The van der Waals surface area contributed by atoms with Gasteiger partial charge in [0.05, 0.1) is 0 Å². The summed E-state index contributed by atoms with van der Waals surface area (Å²) in [7, 11) is 0. The molecule has 1 aromatic rings. The minimum absolute atomic E-state index is 0.0208. The number of halogens is 1. The second kappa shape index (κ2) is 5.38. The summed E-state index contributed by atoms with van der Waals surface area (Å²) in [4.78, 5) is 11.9. The van der Waals surface area contributed by atoms with Crippen LogP contribution in [0.3, 0.4) is 0 Å². The van der Waals surface area contributed by atoms with Gasteiger partial charge in [0.2, 0.25) is 5.91 Å². The number of amides is 1. The first-order valence-electron chi connectivity index (χ1n) is 6.95. The number of carbonyl (C=O) groups excluding carboxylic acids is 1.